The van der Waals surface area contributed by atoms with Crippen LogP contribution in [-0.2, 0) is 9.59 Å². The number of rotatable bonds is 8. The summed E-state index contributed by atoms with van der Waals surface area (Å²) >= 11 is 0. The van der Waals surface area contributed by atoms with Crippen molar-refractivity contribution in [3.8, 4) is 11.5 Å². The molecule has 0 radical (unpaired) electrons. The summed E-state index contributed by atoms with van der Waals surface area (Å²) in [5, 5.41) is 3.10. The quantitative estimate of drug-likeness (QED) is 0.646. The molecule has 2 fully saturated rings. The van der Waals surface area contributed by atoms with Gasteiger partial charge in [0.1, 0.15) is 0 Å². The zero-order valence-corrected chi connectivity index (χ0v) is 17.9. The van der Waals surface area contributed by atoms with E-state index < -0.39 is 0 Å². The first-order valence-corrected chi connectivity index (χ1v) is 10.3. The fourth-order valence-corrected chi connectivity index (χ4v) is 3.85. The number of carbonyl (C=O) groups is 2. The van der Waals surface area contributed by atoms with Gasteiger partial charge in [0.25, 0.3) is 0 Å². The molecule has 2 amide bonds. The van der Waals surface area contributed by atoms with Crippen molar-refractivity contribution in [1.29, 1.82) is 0 Å². The van der Waals surface area contributed by atoms with E-state index in [1.807, 2.05) is 41.0 Å². The Morgan fingerprint density at radius 3 is 2.69 bits per heavy atom. The molecule has 1 atom stereocenters. The maximum absolute atomic E-state index is 12.6. The van der Waals surface area contributed by atoms with E-state index in [4.69, 9.17) is 9.47 Å². The zero-order valence-electron chi connectivity index (χ0n) is 17.1. The molecule has 8 heteroatoms. The number of hydrogen-bond donors (Lipinski definition) is 1. The number of nitrogens with one attached hydrogen (secondary N) is 1. The van der Waals surface area contributed by atoms with Gasteiger partial charge in [0, 0.05) is 38.6 Å². The van der Waals surface area contributed by atoms with Crippen LogP contribution in [0.2, 0.25) is 0 Å². The lowest BCUT2D eigenvalue weighted by Gasteiger charge is -2.41. The molecule has 29 heavy (non-hydrogen) atoms. The van der Waals surface area contributed by atoms with Crippen LogP contribution in [0, 0.1) is 0 Å². The summed E-state index contributed by atoms with van der Waals surface area (Å²) in [6.07, 6.45) is 3.05. The fourth-order valence-electron chi connectivity index (χ4n) is 3.85. The molecule has 0 aromatic heterocycles. The molecule has 0 aliphatic carbocycles. The van der Waals surface area contributed by atoms with Crippen molar-refractivity contribution in [3.05, 3.63) is 24.3 Å². The lowest BCUT2D eigenvalue weighted by molar-refractivity contribution is -0.140. The minimum Gasteiger partial charge on any atom is -0.490 e. The van der Waals surface area contributed by atoms with Crippen LogP contribution in [0.25, 0.3) is 0 Å². The van der Waals surface area contributed by atoms with Crippen molar-refractivity contribution < 1.29 is 19.1 Å². The van der Waals surface area contributed by atoms with E-state index in [1.54, 1.807) is 0 Å². The first-order valence-electron chi connectivity index (χ1n) is 10.3. The number of halogens is 1. The van der Waals surface area contributed by atoms with Crippen LogP contribution in [0.5, 0.6) is 11.5 Å². The Bertz CT molecular complexity index is 673. The van der Waals surface area contributed by atoms with Crippen LogP contribution in [-0.4, -0.2) is 73.6 Å². The second-order valence-corrected chi connectivity index (χ2v) is 7.23. The first-order chi connectivity index (χ1) is 13.7. The number of hydrogen-bond acceptors (Lipinski definition) is 5. The van der Waals surface area contributed by atoms with Gasteiger partial charge in [0.2, 0.25) is 11.8 Å². The van der Waals surface area contributed by atoms with E-state index in [1.165, 1.54) is 0 Å². The predicted octanol–water partition coefficient (Wildman–Crippen LogP) is 2.09. The van der Waals surface area contributed by atoms with Gasteiger partial charge < -0.3 is 24.6 Å². The third kappa shape index (κ3) is 6.51. The van der Waals surface area contributed by atoms with Crippen LogP contribution in [0.3, 0.4) is 0 Å². The molecule has 0 spiro atoms. The highest BCUT2D eigenvalue weighted by molar-refractivity contribution is 5.85. The Labute approximate surface area is 179 Å². The molecule has 1 aromatic rings. The Hall–Kier alpha value is -1.99. The van der Waals surface area contributed by atoms with Crippen molar-refractivity contribution >= 4 is 24.2 Å². The first kappa shape index (κ1) is 23.3. The van der Waals surface area contributed by atoms with Crippen LogP contribution >= 0.6 is 12.4 Å². The lowest BCUT2D eigenvalue weighted by atomic mass is 10.0. The predicted molar refractivity (Wildman–Crippen MR) is 114 cm³/mol. The normalized spacial score (nSPS) is 19.5. The van der Waals surface area contributed by atoms with E-state index in [0.29, 0.717) is 44.9 Å². The van der Waals surface area contributed by atoms with E-state index in [2.05, 4.69) is 5.32 Å². The summed E-state index contributed by atoms with van der Waals surface area (Å²) in [6, 6.07) is 7.74. The van der Waals surface area contributed by atoms with Gasteiger partial charge in [-0.1, -0.05) is 12.1 Å². The van der Waals surface area contributed by atoms with E-state index in [0.717, 1.165) is 38.2 Å². The molecule has 3 rings (SSSR count). The molecular formula is C21H32ClN3O4. The Morgan fingerprint density at radius 1 is 1.21 bits per heavy atom. The molecule has 162 valence electrons. The second kappa shape index (κ2) is 11.9. The Morgan fingerprint density at radius 2 is 1.97 bits per heavy atom. The van der Waals surface area contributed by atoms with Crippen molar-refractivity contribution in [2.75, 3.05) is 45.9 Å². The second-order valence-electron chi connectivity index (χ2n) is 7.23. The van der Waals surface area contributed by atoms with Gasteiger partial charge in [0.05, 0.1) is 19.8 Å². The van der Waals surface area contributed by atoms with Gasteiger partial charge in [-0.3, -0.25) is 9.59 Å². The molecular weight excluding hydrogens is 394 g/mol. The molecule has 0 saturated carbocycles. The van der Waals surface area contributed by atoms with Crippen LogP contribution in [0.1, 0.15) is 32.6 Å². The summed E-state index contributed by atoms with van der Waals surface area (Å²) in [5.74, 6) is 1.74. The van der Waals surface area contributed by atoms with Gasteiger partial charge in [-0.25, -0.2) is 0 Å². The largest absolute Gasteiger partial charge is 0.490 e. The minimum absolute atomic E-state index is 0. The molecule has 2 aliphatic rings. The Balaban J connectivity index is 0.00000300. The number of carbonyl (C=O) groups excluding carboxylic acids is 2. The van der Waals surface area contributed by atoms with Crippen LogP contribution in [0.15, 0.2) is 24.3 Å². The number of piperidine rings is 1. The zero-order chi connectivity index (χ0) is 19.8. The summed E-state index contributed by atoms with van der Waals surface area (Å²) in [6.45, 7) is 6.41. The van der Waals surface area contributed by atoms with Crippen LogP contribution in [0.4, 0.5) is 0 Å². The highest BCUT2D eigenvalue weighted by atomic mass is 35.5. The van der Waals surface area contributed by atoms with E-state index in [9.17, 15) is 9.59 Å². The number of para-hydroxylation sites is 2. The summed E-state index contributed by atoms with van der Waals surface area (Å²) in [4.78, 5) is 28.6. The SMILES string of the molecule is CCOc1ccccc1OCCCC(=O)N1CCCC(N2CCNCC2=O)C1.Cl. The Kier molecular flexibility index (Phi) is 9.54. The van der Waals surface area contributed by atoms with Crippen molar-refractivity contribution in [1.82, 2.24) is 15.1 Å². The number of likely N-dealkylation sites (tertiary alicyclic amines) is 1. The topological polar surface area (TPSA) is 71.1 Å². The highest BCUT2D eigenvalue weighted by Gasteiger charge is 2.31. The molecule has 2 saturated heterocycles. The summed E-state index contributed by atoms with van der Waals surface area (Å²) in [7, 11) is 0. The summed E-state index contributed by atoms with van der Waals surface area (Å²) in [5.41, 5.74) is 0. The van der Waals surface area contributed by atoms with Crippen LogP contribution < -0.4 is 14.8 Å². The van der Waals surface area contributed by atoms with E-state index >= 15 is 0 Å². The van der Waals surface area contributed by atoms with Gasteiger partial charge in [0.15, 0.2) is 11.5 Å². The third-order valence-electron chi connectivity index (χ3n) is 5.26. The molecule has 1 unspecified atom stereocenters. The molecule has 2 heterocycles. The molecule has 1 aromatic carbocycles. The number of nitrogens with zero attached hydrogens (tertiary/aromatic N) is 2. The third-order valence-corrected chi connectivity index (χ3v) is 5.26. The minimum atomic E-state index is 0. The maximum Gasteiger partial charge on any atom is 0.236 e. The van der Waals surface area contributed by atoms with Crippen molar-refractivity contribution in [2.45, 2.75) is 38.6 Å². The van der Waals surface area contributed by atoms with Crippen molar-refractivity contribution in [3.63, 3.8) is 0 Å². The molecule has 2 aliphatic heterocycles. The lowest BCUT2D eigenvalue weighted by Crippen LogP contribution is -2.57. The number of amides is 2. The molecule has 7 nitrogen and oxygen atoms in total. The molecule has 1 N–H and O–H groups in total. The summed E-state index contributed by atoms with van der Waals surface area (Å²) < 4.78 is 11.4. The van der Waals surface area contributed by atoms with Gasteiger partial charge in [-0.05, 0) is 38.3 Å². The highest BCUT2D eigenvalue weighted by Crippen LogP contribution is 2.26. The van der Waals surface area contributed by atoms with Gasteiger partial charge in [-0.2, -0.15) is 0 Å². The number of ether oxygens (including phenoxy) is 2. The standard InChI is InChI=1S/C21H31N3O4.ClH/c1-2-27-18-8-3-4-9-19(18)28-14-6-10-20(25)23-12-5-7-17(16-23)24-13-11-22-15-21(24)26;/h3-4,8-9,17,22H,2,5-7,10-16H2,1H3;1H. The van der Waals surface area contributed by atoms with E-state index in [-0.39, 0.29) is 30.3 Å². The van der Waals surface area contributed by atoms with Gasteiger partial charge >= 0.3 is 0 Å². The molecule has 0 bridgehead atoms. The maximum atomic E-state index is 12.6. The fraction of sp³-hybridized carbons (Fsp3) is 0.619. The number of piperazine rings is 1. The average Bonchev–Trinajstić information content (AvgIpc) is 2.73. The van der Waals surface area contributed by atoms with Crippen molar-refractivity contribution in [2.24, 2.45) is 0 Å². The average molecular weight is 426 g/mol. The number of benzene rings is 1. The van der Waals surface area contributed by atoms with Gasteiger partial charge in [-0.15, -0.1) is 12.4 Å². The smallest absolute Gasteiger partial charge is 0.236 e. The monoisotopic (exact) mass is 425 g/mol.